The number of amides is 1. The Kier molecular flexibility index (Phi) is 4.05. The van der Waals surface area contributed by atoms with E-state index in [4.69, 9.17) is 5.84 Å². The van der Waals surface area contributed by atoms with E-state index in [1.165, 1.54) is 11.3 Å². The minimum atomic E-state index is -0.258. The largest absolute Gasteiger partial charge is 0.360 e. The van der Waals surface area contributed by atoms with Crippen LogP contribution in [0.3, 0.4) is 0 Å². The highest BCUT2D eigenvalue weighted by Crippen LogP contribution is 2.25. The minimum absolute atomic E-state index is 0.0956. The molecule has 0 aromatic carbocycles. The number of carbonyl (C=O) groups is 1. The van der Waals surface area contributed by atoms with Crippen LogP contribution in [0.2, 0.25) is 0 Å². The maximum atomic E-state index is 11.8. The van der Waals surface area contributed by atoms with Gasteiger partial charge in [-0.05, 0) is 32.2 Å². The van der Waals surface area contributed by atoms with E-state index in [0.717, 1.165) is 10.2 Å². The number of rotatable bonds is 4. The van der Waals surface area contributed by atoms with Crippen molar-refractivity contribution in [3.8, 4) is 0 Å². The van der Waals surface area contributed by atoms with E-state index < -0.39 is 0 Å². The Balaban J connectivity index is 2.13. The van der Waals surface area contributed by atoms with Crippen molar-refractivity contribution < 1.29 is 4.79 Å². The van der Waals surface area contributed by atoms with Crippen LogP contribution in [0.5, 0.6) is 0 Å². The Bertz CT molecular complexity index is 618. The summed E-state index contributed by atoms with van der Waals surface area (Å²) in [7, 11) is 0. The van der Waals surface area contributed by atoms with Crippen molar-refractivity contribution in [2.24, 2.45) is 5.84 Å². The second kappa shape index (κ2) is 5.59. The normalized spacial score (nSPS) is 11.4. The third-order valence-electron chi connectivity index (χ3n) is 2.38. The molecule has 0 aliphatic heterocycles. The van der Waals surface area contributed by atoms with Crippen molar-refractivity contribution in [3.63, 3.8) is 0 Å². The fourth-order valence-electron chi connectivity index (χ4n) is 1.68. The number of aromatic nitrogens is 2. The number of fused-ring (bicyclic) bond motifs is 1. The van der Waals surface area contributed by atoms with Gasteiger partial charge in [-0.25, -0.2) is 10.8 Å². The Morgan fingerprint density at radius 1 is 1.40 bits per heavy atom. The van der Waals surface area contributed by atoms with Gasteiger partial charge in [-0.2, -0.15) is 4.98 Å². The summed E-state index contributed by atoms with van der Waals surface area (Å²) in [6, 6.07) is 1.91. The second-order valence-corrected chi connectivity index (χ2v) is 6.23. The summed E-state index contributed by atoms with van der Waals surface area (Å²) in [5, 5.41) is 8.69. The molecule has 5 N–H and O–H groups in total. The summed E-state index contributed by atoms with van der Waals surface area (Å²) in [6.07, 6.45) is 0. The van der Waals surface area contributed by atoms with Gasteiger partial charge in [0, 0.05) is 5.54 Å². The van der Waals surface area contributed by atoms with Crippen LogP contribution in [0.25, 0.3) is 10.2 Å². The number of hydrazine groups is 1. The lowest BCUT2D eigenvalue weighted by Gasteiger charge is -2.20. The standard InChI is InChI=1S/C12H18N6OS/c1-12(2,3)17-8(19)6-14-9-7-4-5-20-10(7)16-11(15-9)18-13/h4-5H,6,13H2,1-3H3,(H,17,19)(H2,14,15,16,18). The summed E-state index contributed by atoms with van der Waals surface area (Å²) in [5.41, 5.74) is 2.16. The van der Waals surface area contributed by atoms with Gasteiger partial charge in [-0.15, -0.1) is 11.3 Å². The Hall–Kier alpha value is -1.93. The molecule has 0 aliphatic rings. The van der Waals surface area contributed by atoms with Gasteiger partial charge in [-0.1, -0.05) is 0 Å². The van der Waals surface area contributed by atoms with Gasteiger partial charge in [0.05, 0.1) is 11.9 Å². The molecule has 108 valence electrons. The number of nitrogens with two attached hydrogens (primary N) is 1. The van der Waals surface area contributed by atoms with Gasteiger partial charge in [0.15, 0.2) is 0 Å². The summed E-state index contributed by atoms with van der Waals surface area (Å²) in [5.74, 6) is 6.15. The van der Waals surface area contributed by atoms with Gasteiger partial charge in [-0.3, -0.25) is 10.2 Å². The van der Waals surface area contributed by atoms with Crippen LogP contribution in [-0.4, -0.2) is 28.0 Å². The highest BCUT2D eigenvalue weighted by molar-refractivity contribution is 7.16. The molecule has 0 unspecified atom stereocenters. The summed E-state index contributed by atoms with van der Waals surface area (Å²) < 4.78 is 0. The molecular formula is C12H18N6OS. The van der Waals surface area contributed by atoms with Crippen LogP contribution >= 0.6 is 11.3 Å². The van der Waals surface area contributed by atoms with E-state index in [9.17, 15) is 4.79 Å². The zero-order valence-corrected chi connectivity index (χ0v) is 12.5. The van der Waals surface area contributed by atoms with E-state index in [-0.39, 0.29) is 18.0 Å². The van der Waals surface area contributed by atoms with E-state index in [2.05, 4.69) is 26.0 Å². The highest BCUT2D eigenvalue weighted by Gasteiger charge is 2.14. The minimum Gasteiger partial charge on any atom is -0.360 e. The maximum absolute atomic E-state index is 11.8. The maximum Gasteiger partial charge on any atom is 0.240 e. The molecule has 8 heteroatoms. The number of anilines is 2. The van der Waals surface area contributed by atoms with Crippen LogP contribution in [0.1, 0.15) is 20.8 Å². The molecule has 2 heterocycles. The van der Waals surface area contributed by atoms with Gasteiger partial charge >= 0.3 is 0 Å². The number of carbonyl (C=O) groups excluding carboxylic acids is 1. The second-order valence-electron chi connectivity index (χ2n) is 5.33. The smallest absolute Gasteiger partial charge is 0.240 e. The van der Waals surface area contributed by atoms with Gasteiger partial charge in [0.25, 0.3) is 0 Å². The lowest BCUT2D eigenvalue weighted by atomic mass is 10.1. The molecule has 0 aliphatic carbocycles. The number of hydrogen-bond donors (Lipinski definition) is 4. The molecule has 0 bridgehead atoms. The first-order valence-electron chi connectivity index (χ1n) is 6.16. The predicted molar refractivity (Wildman–Crippen MR) is 81.6 cm³/mol. The Labute approximate surface area is 121 Å². The molecule has 7 nitrogen and oxygen atoms in total. The average molecular weight is 294 g/mol. The van der Waals surface area contributed by atoms with Gasteiger partial charge < -0.3 is 10.6 Å². The molecule has 0 saturated heterocycles. The fraction of sp³-hybridized carbons (Fsp3) is 0.417. The molecule has 0 spiro atoms. The average Bonchev–Trinajstić information content (AvgIpc) is 2.81. The van der Waals surface area contributed by atoms with Crippen LogP contribution in [-0.2, 0) is 4.79 Å². The fourth-order valence-corrected chi connectivity index (χ4v) is 2.45. The monoisotopic (exact) mass is 294 g/mol. The molecule has 1 amide bonds. The van der Waals surface area contributed by atoms with Crippen LogP contribution in [0, 0.1) is 0 Å². The number of thiophene rings is 1. The molecule has 0 fully saturated rings. The lowest BCUT2D eigenvalue weighted by Crippen LogP contribution is -2.43. The first kappa shape index (κ1) is 14.5. The van der Waals surface area contributed by atoms with Crippen molar-refractivity contribution in [2.75, 3.05) is 17.3 Å². The Morgan fingerprint density at radius 3 is 2.80 bits per heavy atom. The van der Waals surface area contributed by atoms with Crippen LogP contribution in [0.4, 0.5) is 11.8 Å². The van der Waals surface area contributed by atoms with Crippen molar-refractivity contribution >= 4 is 39.2 Å². The molecule has 2 aromatic heterocycles. The van der Waals surface area contributed by atoms with Crippen molar-refractivity contribution in [1.82, 2.24) is 15.3 Å². The summed E-state index contributed by atoms with van der Waals surface area (Å²) in [4.78, 5) is 21.1. The highest BCUT2D eigenvalue weighted by atomic mass is 32.1. The molecular weight excluding hydrogens is 276 g/mol. The first-order valence-corrected chi connectivity index (χ1v) is 7.04. The van der Waals surface area contributed by atoms with Crippen molar-refractivity contribution in [2.45, 2.75) is 26.3 Å². The van der Waals surface area contributed by atoms with Crippen molar-refractivity contribution in [1.29, 1.82) is 0 Å². The Morgan fingerprint density at radius 2 is 2.15 bits per heavy atom. The van der Waals surface area contributed by atoms with Gasteiger partial charge in [0.2, 0.25) is 11.9 Å². The third kappa shape index (κ3) is 3.55. The lowest BCUT2D eigenvalue weighted by molar-refractivity contribution is -0.120. The number of nitrogens with zero attached hydrogens (tertiary/aromatic N) is 2. The SMILES string of the molecule is CC(C)(C)NC(=O)CNc1nc(NN)nc2sccc12. The summed E-state index contributed by atoms with van der Waals surface area (Å²) in [6.45, 7) is 5.94. The third-order valence-corrected chi connectivity index (χ3v) is 3.19. The molecule has 2 rings (SSSR count). The first-order chi connectivity index (χ1) is 9.39. The molecule has 0 radical (unpaired) electrons. The van der Waals surface area contributed by atoms with E-state index in [1.54, 1.807) is 0 Å². The van der Waals surface area contributed by atoms with Crippen LogP contribution in [0.15, 0.2) is 11.4 Å². The van der Waals surface area contributed by atoms with E-state index >= 15 is 0 Å². The molecule has 2 aromatic rings. The zero-order chi connectivity index (χ0) is 14.8. The van der Waals surface area contributed by atoms with E-state index in [0.29, 0.717) is 11.8 Å². The molecule has 0 atom stereocenters. The number of nitrogen functional groups attached to an aromatic ring is 1. The van der Waals surface area contributed by atoms with Crippen molar-refractivity contribution in [3.05, 3.63) is 11.4 Å². The quantitative estimate of drug-likeness (QED) is 0.500. The predicted octanol–water partition coefficient (Wildman–Crippen LogP) is 1.30. The molecule has 0 saturated carbocycles. The zero-order valence-electron chi connectivity index (χ0n) is 11.7. The van der Waals surface area contributed by atoms with Crippen LogP contribution < -0.4 is 21.9 Å². The molecule has 20 heavy (non-hydrogen) atoms. The van der Waals surface area contributed by atoms with Gasteiger partial charge in [0.1, 0.15) is 10.6 Å². The van der Waals surface area contributed by atoms with E-state index in [1.807, 2.05) is 32.2 Å². The summed E-state index contributed by atoms with van der Waals surface area (Å²) >= 11 is 1.49. The number of hydrogen-bond acceptors (Lipinski definition) is 7. The number of nitrogens with one attached hydrogen (secondary N) is 3. The topological polar surface area (TPSA) is 105 Å².